The molecule has 2 saturated heterocycles. The second-order valence-corrected chi connectivity index (χ2v) is 13.6. The molecule has 1 aliphatic carbocycles. The van der Waals surface area contributed by atoms with Gasteiger partial charge in [0.25, 0.3) is 5.56 Å². The zero-order valence-electron chi connectivity index (χ0n) is 23.5. The molecule has 0 amide bonds. The van der Waals surface area contributed by atoms with Crippen LogP contribution in [0, 0.1) is 11.3 Å². The van der Waals surface area contributed by atoms with E-state index in [4.69, 9.17) is 28.6 Å². The summed E-state index contributed by atoms with van der Waals surface area (Å²) in [6.45, 7) is 2.18. The number of halogens is 1. The van der Waals surface area contributed by atoms with Crippen LogP contribution in [0.4, 0.5) is 10.2 Å². The van der Waals surface area contributed by atoms with Gasteiger partial charge in [0.05, 0.1) is 31.6 Å². The number of nitrogen functional groups attached to an aromatic ring is 1. The third-order valence-corrected chi connectivity index (χ3v) is 10.5. The SMILES string of the molecule is CC1C(n2cnc3c(N)ncnc32)C(O)C2O[P+](=O)OCC3OC(n4cnc5c(=O)[nH]cnc54)C(F)C3OP(=O)(O)OCC12C. The Kier molecular flexibility index (Phi) is 7.34. The summed E-state index contributed by atoms with van der Waals surface area (Å²) in [6.07, 6.45) is -4.54. The number of aliphatic hydroxyl groups is 1. The fourth-order valence-electron chi connectivity index (χ4n) is 6.29. The number of nitrogens with zero attached hydrogens (tertiary/aromatic N) is 7. The van der Waals surface area contributed by atoms with Crippen LogP contribution in [0.2, 0.25) is 0 Å². The molecule has 6 heterocycles. The van der Waals surface area contributed by atoms with Crippen molar-refractivity contribution in [1.29, 1.82) is 0 Å². The molecule has 0 aromatic carbocycles. The Balaban J connectivity index is 1.19. The number of ether oxygens (including phenoxy) is 1. The van der Waals surface area contributed by atoms with Crippen LogP contribution in [0.3, 0.4) is 0 Å². The number of H-pyrrole nitrogens is 1. The molecule has 3 fully saturated rings. The molecule has 7 rings (SSSR count). The van der Waals surface area contributed by atoms with Crippen LogP contribution in [0.5, 0.6) is 0 Å². The van der Waals surface area contributed by atoms with Crippen molar-refractivity contribution >= 4 is 44.2 Å². The van der Waals surface area contributed by atoms with Crippen molar-refractivity contribution in [1.82, 2.24) is 39.0 Å². The van der Waals surface area contributed by atoms with Gasteiger partial charge in [-0.3, -0.25) is 18.4 Å². The monoisotopic (exact) mass is 670 g/mol. The van der Waals surface area contributed by atoms with Gasteiger partial charge in [-0.1, -0.05) is 13.8 Å². The van der Waals surface area contributed by atoms with Gasteiger partial charge in [0, 0.05) is 9.98 Å². The molecule has 240 valence electrons. The number of anilines is 1. The maximum absolute atomic E-state index is 15.9. The van der Waals surface area contributed by atoms with Crippen LogP contribution in [0.25, 0.3) is 22.3 Å². The van der Waals surface area contributed by atoms with E-state index in [-0.39, 0.29) is 17.0 Å². The number of phosphoric acid groups is 1. The van der Waals surface area contributed by atoms with Crippen molar-refractivity contribution in [2.75, 3.05) is 18.9 Å². The number of hydrogen-bond donors (Lipinski definition) is 4. The summed E-state index contributed by atoms with van der Waals surface area (Å²) in [5.74, 6) is -0.471. The first-order chi connectivity index (χ1) is 21.4. The lowest BCUT2D eigenvalue weighted by atomic mass is 9.79. The lowest BCUT2D eigenvalue weighted by Crippen LogP contribution is -2.41. The molecule has 11 unspecified atom stereocenters. The van der Waals surface area contributed by atoms with Crippen LogP contribution < -0.4 is 11.3 Å². The second-order valence-electron chi connectivity index (χ2n) is 11.3. The van der Waals surface area contributed by atoms with Gasteiger partial charge in [-0.05, 0) is 5.92 Å². The lowest BCUT2D eigenvalue weighted by Gasteiger charge is -2.34. The standard InChI is InChI=1S/C23H26FN9O10P2/c1-9-14(32-7-30-12-18(25)26-5-27-19(12)32)15(34)17-23(9,2)4-40-45(37,38)43-16-10(3-39-44(36)42-17)41-22(11(16)24)33-8-31-13-20(33)28-6-29-21(13)35/h5-11,14-17,22,34H,3-4H2,1-2H3,(H3-,25,26,27,28,29,35,37,38)/p+1. The van der Waals surface area contributed by atoms with E-state index in [0.717, 1.165) is 17.2 Å². The lowest BCUT2D eigenvalue weighted by molar-refractivity contribution is -0.0635. The number of aromatic amines is 1. The number of alkyl halides is 1. The van der Waals surface area contributed by atoms with Crippen LogP contribution in [0.15, 0.2) is 30.1 Å². The summed E-state index contributed by atoms with van der Waals surface area (Å²) >= 11 is 0. The fraction of sp³-hybridized carbons (Fsp3) is 0.565. The number of imidazole rings is 2. The minimum absolute atomic E-state index is 0.0134. The number of rotatable bonds is 2. The van der Waals surface area contributed by atoms with Crippen LogP contribution in [-0.4, -0.2) is 92.8 Å². The molecule has 19 nitrogen and oxygen atoms in total. The normalized spacial score (nSPS) is 38.6. The highest BCUT2D eigenvalue weighted by Crippen LogP contribution is 2.57. The number of aromatic nitrogens is 8. The first kappa shape index (κ1) is 30.3. The largest absolute Gasteiger partial charge is 0.697 e. The minimum Gasteiger partial charge on any atom is -0.388 e. The number of aliphatic hydroxyl groups excluding tert-OH is 1. The molecule has 5 N–H and O–H groups in total. The highest BCUT2D eigenvalue weighted by atomic mass is 31.2. The van der Waals surface area contributed by atoms with Gasteiger partial charge in [0.1, 0.15) is 36.8 Å². The molecular weight excluding hydrogens is 643 g/mol. The maximum Gasteiger partial charge on any atom is 0.697 e. The highest BCUT2D eigenvalue weighted by Gasteiger charge is 2.62. The summed E-state index contributed by atoms with van der Waals surface area (Å²) in [5.41, 5.74) is 4.58. The van der Waals surface area contributed by atoms with Gasteiger partial charge in [-0.15, -0.1) is 9.05 Å². The Morgan fingerprint density at radius 3 is 2.71 bits per heavy atom. The molecule has 0 spiro atoms. The smallest absolute Gasteiger partial charge is 0.388 e. The van der Waals surface area contributed by atoms with Crippen molar-refractivity contribution in [2.45, 2.75) is 56.7 Å². The second kappa shape index (κ2) is 10.9. The maximum atomic E-state index is 15.9. The van der Waals surface area contributed by atoms with Crippen molar-refractivity contribution in [2.24, 2.45) is 11.3 Å². The molecule has 2 aliphatic heterocycles. The number of hydrogen-bond acceptors (Lipinski definition) is 15. The Morgan fingerprint density at radius 1 is 1.18 bits per heavy atom. The average molecular weight is 670 g/mol. The Bertz CT molecular complexity index is 1910. The van der Waals surface area contributed by atoms with Gasteiger partial charge in [-0.2, -0.15) is 0 Å². The van der Waals surface area contributed by atoms with E-state index in [0.29, 0.717) is 11.2 Å². The predicted molar refractivity (Wildman–Crippen MR) is 148 cm³/mol. The molecule has 45 heavy (non-hydrogen) atoms. The number of nitrogens with two attached hydrogens (primary N) is 1. The van der Waals surface area contributed by atoms with Gasteiger partial charge in [0.2, 0.25) is 0 Å². The summed E-state index contributed by atoms with van der Waals surface area (Å²) < 4.78 is 72.7. The van der Waals surface area contributed by atoms with Crippen molar-refractivity contribution in [3.05, 3.63) is 35.7 Å². The molecule has 11 atom stereocenters. The molecule has 22 heteroatoms. The van der Waals surface area contributed by atoms with Crippen LogP contribution in [0.1, 0.15) is 26.1 Å². The van der Waals surface area contributed by atoms with Gasteiger partial charge in [0.15, 0.2) is 41.1 Å². The molecule has 4 aromatic rings. The Morgan fingerprint density at radius 2 is 1.91 bits per heavy atom. The minimum atomic E-state index is -5.02. The van der Waals surface area contributed by atoms with E-state index >= 15 is 4.39 Å². The number of fused-ring (bicyclic) bond motifs is 4. The van der Waals surface area contributed by atoms with E-state index in [1.165, 1.54) is 12.7 Å². The summed E-state index contributed by atoms with van der Waals surface area (Å²) in [6, 6.07) is -0.806. The van der Waals surface area contributed by atoms with Crippen LogP contribution >= 0.6 is 16.1 Å². The van der Waals surface area contributed by atoms with Gasteiger partial charge in [-0.25, -0.2) is 33.9 Å². The van der Waals surface area contributed by atoms with Crippen molar-refractivity contribution in [3.63, 3.8) is 0 Å². The zero-order valence-corrected chi connectivity index (χ0v) is 25.3. The van der Waals surface area contributed by atoms with E-state index in [9.17, 15) is 23.9 Å². The van der Waals surface area contributed by atoms with Crippen molar-refractivity contribution in [3.8, 4) is 0 Å². The predicted octanol–water partition coefficient (Wildman–Crippen LogP) is 0.910. The third kappa shape index (κ3) is 4.88. The molecule has 0 radical (unpaired) electrons. The number of phosphoric ester groups is 1. The summed E-state index contributed by atoms with van der Waals surface area (Å²) in [4.78, 5) is 45.6. The quantitative estimate of drug-likeness (QED) is 0.216. The highest BCUT2D eigenvalue weighted by molar-refractivity contribution is 7.47. The Hall–Kier alpha value is -3.32. The molecule has 1 saturated carbocycles. The molecular formula is C23H27FN9O10P2+. The third-order valence-electron chi connectivity index (χ3n) is 8.81. The van der Waals surface area contributed by atoms with E-state index in [1.807, 2.05) is 0 Å². The summed E-state index contributed by atoms with van der Waals surface area (Å²) in [7, 11) is -7.99. The van der Waals surface area contributed by atoms with E-state index in [1.54, 1.807) is 18.4 Å². The molecule has 0 bridgehead atoms. The summed E-state index contributed by atoms with van der Waals surface area (Å²) in [5, 5.41) is 11.5. The van der Waals surface area contributed by atoms with Crippen molar-refractivity contribution < 1.29 is 46.4 Å². The zero-order chi connectivity index (χ0) is 31.8. The van der Waals surface area contributed by atoms with Gasteiger partial charge < -0.3 is 30.0 Å². The first-order valence-electron chi connectivity index (χ1n) is 13.6. The van der Waals surface area contributed by atoms with Crippen LogP contribution in [-0.2, 0) is 32.0 Å². The number of nitrogens with one attached hydrogen (secondary N) is 1. The topological polar surface area (TPSA) is 254 Å². The van der Waals surface area contributed by atoms with E-state index in [2.05, 4.69) is 29.9 Å². The Labute approximate surface area is 252 Å². The molecule has 3 aliphatic rings. The first-order valence-corrected chi connectivity index (χ1v) is 16.2. The van der Waals surface area contributed by atoms with E-state index < -0.39 is 89.0 Å². The average Bonchev–Trinajstić information content (AvgIpc) is 3.73. The van der Waals surface area contributed by atoms with Gasteiger partial charge >= 0.3 is 16.1 Å². The molecule has 4 aromatic heterocycles. The fourth-order valence-corrected chi connectivity index (χ4v) is 8.24.